The molecule has 1 amide bonds. The highest BCUT2D eigenvalue weighted by molar-refractivity contribution is 9.10. The predicted molar refractivity (Wildman–Crippen MR) is 67.6 cm³/mol. The van der Waals surface area contributed by atoms with Gasteiger partial charge in [0.15, 0.2) is 0 Å². The molecule has 17 heavy (non-hydrogen) atoms. The van der Waals surface area contributed by atoms with Gasteiger partial charge in [-0.2, -0.15) is 0 Å². The highest BCUT2D eigenvalue weighted by Crippen LogP contribution is 2.17. The molecule has 0 saturated heterocycles. The van der Waals surface area contributed by atoms with Gasteiger partial charge in [-0.3, -0.25) is 4.79 Å². The van der Waals surface area contributed by atoms with Gasteiger partial charge in [0.2, 0.25) is 0 Å². The molecule has 0 aromatic heterocycles. The van der Waals surface area contributed by atoms with Crippen molar-refractivity contribution in [2.75, 3.05) is 26.8 Å². The minimum atomic E-state index is -0.376. The molecule has 0 fully saturated rings. The Labute approximate surface area is 109 Å². The highest BCUT2D eigenvalue weighted by atomic mass is 79.9. The maximum atomic E-state index is 13.0. The summed E-state index contributed by atoms with van der Waals surface area (Å²) in [5.74, 6) is -0.524. The van der Waals surface area contributed by atoms with E-state index in [2.05, 4.69) is 15.9 Å². The molecular formula is C12H15BrFNO2. The van der Waals surface area contributed by atoms with Crippen LogP contribution in [-0.4, -0.2) is 37.6 Å². The molecule has 1 aromatic rings. The van der Waals surface area contributed by atoms with Crippen LogP contribution < -0.4 is 0 Å². The summed E-state index contributed by atoms with van der Waals surface area (Å²) in [5, 5.41) is 0. The first-order valence-electron chi connectivity index (χ1n) is 5.34. The van der Waals surface area contributed by atoms with Gasteiger partial charge < -0.3 is 9.64 Å². The van der Waals surface area contributed by atoms with Crippen molar-refractivity contribution in [3.05, 3.63) is 34.1 Å². The Morgan fingerprint density at radius 1 is 1.53 bits per heavy atom. The summed E-state index contributed by atoms with van der Waals surface area (Å²) >= 11 is 3.06. The third-order valence-electron chi connectivity index (χ3n) is 2.29. The van der Waals surface area contributed by atoms with Gasteiger partial charge in [0, 0.05) is 25.8 Å². The summed E-state index contributed by atoms with van der Waals surface area (Å²) in [7, 11) is 1.69. The number of halogens is 2. The van der Waals surface area contributed by atoms with Gasteiger partial charge in [0.1, 0.15) is 5.82 Å². The Morgan fingerprint density at radius 2 is 2.24 bits per heavy atom. The van der Waals surface area contributed by atoms with Gasteiger partial charge >= 0.3 is 0 Å². The number of carbonyl (C=O) groups is 1. The van der Waals surface area contributed by atoms with Crippen LogP contribution in [0.4, 0.5) is 4.39 Å². The molecule has 3 nitrogen and oxygen atoms in total. The molecule has 0 atom stereocenters. The standard InChI is InChI=1S/C12H15BrFNO2/c1-3-17-7-6-15(2)12(16)9-4-5-11(14)10(13)8-9/h4-5,8H,3,6-7H2,1-2H3. The lowest BCUT2D eigenvalue weighted by Crippen LogP contribution is -2.30. The molecule has 1 aromatic carbocycles. The summed E-state index contributed by atoms with van der Waals surface area (Å²) in [5.41, 5.74) is 0.456. The molecule has 0 unspecified atom stereocenters. The zero-order chi connectivity index (χ0) is 12.8. The number of hydrogen-bond donors (Lipinski definition) is 0. The van der Waals surface area contributed by atoms with E-state index in [-0.39, 0.29) is 11.7 Å². The average Bonchev–Trinajstić information content (AvgIpc) is 2.32. The third-order valence-corrected chi connectivity index (χ3v) is 2.90. The Bertz CT molecular complexity index is 398. The van der Waals surface area contributed by atoms with Crippen molar-refractivity contribution in [3.8, 4) is 0 Å². The van der Waals surface area contributed by atoms with Crippen LogP contribution in [0.25, 0.3) is 0 Å². The first kappa shape index (κ1) is 14.1. The third kappa shape index (κ3) is 4.09. The zero-order valence-electron chi connectivity index (χ0n) is 9.87. The summed E-state index contributed by atoms with van der Waals surface area (Å²) in [6.07, 6.45) is 0. The number of likely N-dealkylation sites (N-methyl/N-ethyl adjacent to an activating group) is 1. The van der Waals surface area contributed by atoms with Crippen LogP contribution in [0, 0.1) is 5.82 Å². The van der Waals surface area contributed by atoms with Crippen LogP contribution >= 0.6 is 15.9 Å². The van der Waals surface area contributed by atoms with E-state index < -0.39 is 0 Å². The van der Waals surface area contributed by atoms with Crippen molar-refractivity contribution in [2.45, 2.75) is 6.92 Å². The molecule has 0 spiro atoms. The number of hydrogen-bond acceptors (Lipinski definition) is 2. The van der Waals surface area contributed by atoms with E-state index in [9.17, 15) is 9.18 Å². The fourth-order valence-electron chi connectivity index (χ4n) is 1.30. The Hall–Kier alpha value is -0.940. The minimum absolute atomic E-state index is 0.148. The van der Waals surface area contributed by atoms with Gasteiger partial charge in [-0.05, 0) is 41.1 Å². The van der Waals surface area contributed by atoms with Crippen LogP contribution in [0.15, 0.2) is 22.7 Å². The van der Waals surface area contributed by atoms with E-state index in [4.69, 9.17) is 4.74 Å². The Balaban J connectivity index is 2.65. The van der Waals surface area contributed by atoms with Gasteiger partial charge in [-0.25, -0.2) is 4.39 Å². The van der Waals surface area contributed by atoms with E-state index in [0.717, 1.165) is 0 Å². The van der Waals surface area contributed by atoms with Crippen LogP contribution in [0.5, 0.6) is 0 Å². The Morgan fingerprint density at radius 3 is 2.82 bits per heavy atom. The summed E-state index contributed by atoms with van der Waals surface area (Å²) in [4.78, 5) is 13.5. The van der Waals surface area contributed by atoms with Crippen LogP contribution in [0.1, 0.15) is 17.3 Å². The van der Waals surface area contributed by atoms with Crippen molar-refractivity contribution in [2.24, 2.45) is 0 Å². The molecule has 0 heterocycles. The number of rotatable bonds is 5. The molecule has 0 aliphatic heterocycles. The second-order valence-corrected chi connectivity index (χ2v) is 4.41. The molecule has 0 aliphatic rings. The van der Waals surface area contributed by atoms with Crippen LogP contribution in [-0.2, 0) is 4.74 Å². The van der Waals surface area contributed by atoms with Gasteiger partial charge in [-0.15, -0.1) is 0 Å². The topological polar surface area (TPSA) is 29.5 Å². The van der Waals surface area contributed by atoms with Crippen molar-refractivity contribution >= 4 is 21.8 Å². The lowest BCUT2D eigenvalue weighted by molar-refractivity contribution is 0.0710. The van der Waals surface area contributed by atoms with E-state index >= 15 is 0 Å². The fraction of sp³-hybridized carbons (Fsp3) is 0.417. The average molecular weight is 304 g/mol. The predicted octanol–water partition coefficient (Wildman–Crippen LogP) is 2.70. The lowest BCUT2D eigenvalue weighted by atomic mass is 10.2. The highest BCUT2D eigenvalue weighted by Gasteiger charge is 2.12. The smallest absolute Gasteiger partial charge is 0.253 e. The van der Waals surface area contributed by atoms with Crippen molar-refractivity contribution in [1.29, 1.82) is 0 Å². The number of carbonyl (C=O) groups excluding carboxylic acids is 1. The second-order valence-electron chi connectivity index (χ2n) is 3.55. The molecule has 0 bridgehead atoms. The molecule has 94 valence electrons. The van der Waals surface area contributed by atoms with Crippen molar-refractivity contribution in [1.82, 2.24) is 4.90 Å². The summed E-state index contributed by atoms with van der Waals surface area (Å²) < 4.78 is 18.5. The molecule has 5 heteroatoms. The number of amides is 1. The van der Waals surface area contributed by atoms with E-state index in [1.165, 1.54) is 18.2 Å². The van der Waals surface area contributed by atoms with E-state index in [1.807, 2.05) is 6.92 Å². The molecule has 1 rings (SSSR count). The number of ether oxygens (including phenoxy) is 1. The minimum Gasteiger partial charge on any atom is -0.380 e. The molecule has 0 N–H and O–H groups in total. The molecular weight excluding hydrogens is 289 g/mol. The monoisotopic (exact) mass is 303 g/mol. The van der Waals surface area contributed by atoms with Crippen molar-refractivity contribution in [3.63, 3.8) is 0 Å². The molecule has 0 radical (unpaired) electrons. The number of nitrogens with zero attached hydrogens (tertiary/aromatic N) is 1. The van der Waals surface area contributed by atoms with Crippen LogP contribution in [0.3, 0.4) is 0 Å². The fourth-order valence-corrected chi connectivity index (χ4v) is 1.68. The van der Waals surface area contributed by atoms with Crippen LogP contribution in [0.2, 0.25) is 0 Å². The lowest BCUT2D eigenvalue weighted by Gasteiger charge is -2.17. The van der Waals surface area contributed by atoms with Gasteiger partial charge in [0.25, 0.3) is 5.91 Å². The summed E-state index contributed by atoms with van der Waals surface area (Å²) in [6, 6.07) is 4.22. The van der Waals surface area contributed by atoms with Gasteiger partial charge in [-0.1, -0.05) is 0 Å². The maximum Gasteiger partial charge on any atom is 0.253 e. The first-order chi connectivity index (χ1) is 8.06. The first-order valence-corrected chi connectivity index (χ1v) is 6.13. The van der Waals surface area contributed by atoms with E-state index in [0.29, 0.717) is 29.8 Å². The normalized spacial score (nSPS) is 10.4. The number of benzene rings is 1. The second kappa shape index (κ2) is 6.71. The van der Waals surface area contributed by atoms with E-state index in [1.54, 1.807) is 11.9 Å². The van der Waals surface area contributed by atoms with Gasteiger partial charge in [0.05, 0.1) is 11.1 Å². The summed E-state index contributed by atoms with van der Waals surface area (Å²) in [6.45, 7) is 3.55. The quantitative estimate of drug-likeness (QED) is 0.783. The SMILES string of the molecule is CCOCCN(C)C(=O)c1ccc(F)c(Br)c1. The van der Waals surface area contributed by atoms with Crippen molar-refractivity contribution < 1.29 is 13.9 Å². The largest absolute Gasteiger partial charge is 0.380 e. The molecule has 0 aliphatic carbocycles. The zero-order valence-corrected chi connectivity index (χ0v) is 11.5. The Kier molecular flexibility index (Phi) is 5.58. The maximum absolute atomic E-state index is 13.0. The molecule has 0 saturated carbocycles.